The summed E-state index contributed by atoms with van der Waals surface area (Å²) in [6.07, 6.45) is 3.40. The van der Waals surface area contributed by atoms with Gasteiger partial charge < -0.3 is 5.32 Å². The Kier molecular flexibility index (Phi) is 3.47. The average molecular weight is 278 g/mol. The first-order valence-corrected chi connectivity index (χ1v) is 6.56. The van der Waals surface area contributed by atoms with Gasteiger partial charge in [0.2, 0.25) is 0 Å². The number of benzene rings is 1. The minimum Gasteiger partial charge on any atom is -0.321 e. The standard InChI is InChI=1S/C16H14N4O/c1-11-4-6-13(7-5-11)18-16(21)15-9-14(19-20-15)12-3-2-8-17-10-12/h2-10H,1H3,(H,18,21)(H,19,20). The number of anilines is 1. The number of hydrogen-bond acceptors (Lipinski definition) is 3. The van der Waals surface area contributed by atoms with E-state index < -0.39 is 0 Å². The molecule has 5 heteroatoms. The third-order valence-corrected chi connectivity index (χ3v) is 3.09. The Morgan fingerprint density at radius 2 is 2.00 bits per heavy atom. The van der Waals surface area contributed by atoms with E-state index in [-0.39, 0.29) is 5.91 Å². The van der Waals surface area contributed by atoms with Gasteiger partial charge in [0.25, 0.3) is 5.91 Å². The van der Waals surface area contributed by atoms with Gasteiger partial charge in [-0.2, -0.15) is 5.10 Å². The monoisotopic (exact) mass is 278 g/mol. The molecule has 2 heterocycles. The first-order chi connectivity index (χ1) is 10.2. The Bertz CT molecular complexity index is 747. The Morgan fingerprint density at radius 3 is 2.71 bits per heavy atom. The number of aryl methyl sites for hydroxylation is 1. The molecule has 0 saturated heterocycles. The highest BCUT2D eigenvalue weighted by Crippen LogP contribution is 2.17. The van der Waals surface area contributed by atoms with Gasteiger partial charge in [-0.15, -0.1) is 0 Å². The summed E-state index contributed by atoms with van der Waals surface area (Å²) in [6, 6.07) is 13.1. The molecule has 5 nitrogen and oxygen atoms in total. The zero-order valence-electron chi connectivity index (χ0n) is 11.5. The smallest absolute Gasteiger partial charge is 0.273 e. The van der Waals surface area contributed by atoms with Gasteiger partial charge >= 0.3 is 0 Å². The number of carbonyl (C=O) groups excluding carboxylic acids is 1. The summed E-state index contributed by atoms with van der Waals surface area (Å²) in [6.45, 7) is 2.00. The van der Waals surface area contributed by atoms with Crippen LogP contribution in [0.4, 0.5) is 5.69 Å². The van der Waals surface area contributed by atoms with Crippen molar-refractivity contribution in [3.8, 4) is 11.3 Å². The summed E-state index contributed by atoms with van der Waals surface area (Å²) in [5.74, 6) is -0.221. The van der Waals surface area contributed by atoms with Crippen LogP contribution in [-0.4, -0.2) is 21.1 Å². The number of nitrogens with one attached hydrogen (secondary N) is 2. The number of nitrogens with zero attached hydrogens (tertiary/aromatic N) is 2. The van der Waals surface area contributed by atoms with Crippen molar-refractivity contribution in [1.82, 2.24) is 15.2 Å². The van der Waals surface area contributed by atoms with E-state index in [1.165, 1.54) is 0 Å². The summed E-state index contributed by atoms with van der Waals surface area (Å²) in [4.78, 5) is 16.2. The molecular formula is C16H14N4O. The van der Waals surface area contributed by atoms with Gasteiger partial charge in [-0.05, 0) is 37.3 Å². The predicted octanol–water partition coefficient (Wildman–Crippen LogP) is 3.03. The molecule has 0 bridgehead atoms. The van der Waals surface area contributed by atoms with Gasteiger partial charge in [0, 0.05) is 23.6 Å². The second-order valence-electron chi connectivity index (χ2n) is 4.73. The van der Waals surface area contributed by atoms with Crippen molar-refractivity contribution < 1.29 is 4.79 Å². The van der Waals surface area contributed by atoms with Gasteiger partial charge in [-0.25, -0.2) is 0 Å². The molecule has 1 amide bonds. The third kappa shape index (κ3) is 2.97. The van der Waals surface area contributed by atoms with E-state index in [0.717, 1.165) is 16.8 Å². The molecule has 104 valence electrons. The first kappa shape index (κ1) is 13.1. The number of aromatic nitrogens is 3. The van der Waals surface area contributed by atoms with Gasteiger partial charge in [0.15, 0.2) is 0 Å². The van der Waals surface area contributed by atoms with Crippen LogP contribution in [0.25, 0.3) is 11.3 Å². The largest absolute Gasteiger partial charge is 0.321 e. The van der Waals surface area contributed by atoms with Crippen LogP contribution in [-0.2, 0) is 0 Å². The lowest BCUT2D eigenvalue weighted by Crippen LogP contribution is -2.12. The van der Waals surface area contributed by atoms with Gasteiger partial charge in [-0.3, -0.25) is 14.9 Å². The van der Waals surface area contributed by atoms with Crippen LogP contribution in [0, 0.1) is 6.92 Å². The van der Waals surface area contributed by atoms with E-state index >= 15 is 0 Å². The topological polar surface area (TPSA) is 70.7 Å². The maximum atomic E-state index is 12.1. The summed E-state index contributed by atoms with van der Waals surface area (Å²) < 4.78 is 0. The maximum absolute atomic E-state index is 12.1. The Hall–Kier alpha value is -2.95. The molecule has 0 saturated carbocycles. The number of amides is 1. The molecule has 0 fully saturated rings. The first-order valence-electron chi connectivity index (χ1n) is 6.56. The zero-order valence-corrected chi connectivity index (χ0v) is 11.5. The lowest BCUT2D eigenvalue weighted by atomic mass is 10.2. The fourth-order valence-electron chi connectivity index (χ4n) is 1.94. The van der Waals surface area contributed by atoms with E-state index in [2.05, 4.69) is 20.5 Å². The lowest BCUT2D eigenvalue weighted by molar-refractivity contribution is 0.102. The normalized spacial score (nSPS) is 10.3. The molecule has 0 unspecified atom stereocenters. The molecule has 3 aromatic rings. The van der Waals surface area contributed by atoms with Crippen molar-refractivity contribution in [2.75, 3.05) is 5.32 Å². The number of aromatic amines is 1. The van der Waals surface area contributed by atoms with E-state index in [4.69, 9.17) is 0 Å². The summed E-state index contributed by atoms with van der Waals surface area (Å²) >= 11 is 0. The molecule has 0 aliphatic rings. The molecule has 0 spiro atoms. The van der Waals surface area contributed by atoms with Gasteiger partial charge in [-0.1, -0.05) is 17.7 Å². The zero-order chi connectivity index (χ0) is 14.7. The van der Waals surface area contributed by atoms with E-state index in [1.54, 1.807) is 18.5 Å². The third-order valence-electron chi connectivity index (χ3n) is 3.09. The van der Waals surface area contributed by atoms with Crippen LogP contribution in [0.1, 0.15) is 16.1 Å². The van der Waals surface area contributed by atoms with Crippen molar-refractivity contribution in [2.24, 2.45) is 0 Å². The van der Waals surface area contributed by atoms with E-state index in [9.17, 15) is 4.79 Å². The molecule has 0 atom stereocenters. The van der Waals surface area contributed by atoms with Crippen molar-refractivity contribution >= 4 is 11.6 Å². The highest BCUT2D eigenvalue weighted by molar-refractivity contribution is 6.03. The maximum Gasteiger partial charge on any atom is 0.273 e. The number of pyridine rings is 1. The van der Waals surface area contributed by atoms with Crippen molar-refractivity contribution in [2.45, 2.75) is 6.92 Å². The van der Waals surface area contributed by atoms with Crippen molar-refractivity contribution in [1.29, 1.82) is 0 Å². The molecular weight excluding hydrogens is 264 g/mol. The quantitative estimate of drug-likeness (QED) is 0.773. The number of hydrogen-bond donors (Lipinski definition) is 2. The Labute approximate surface area is 122 Å². The predicted molar refractivity (Wildman–Crippen MR) is 81.0 cm³/mol. The fourth-order valence-corrected chi connectivity index (χ4v) is 1.94. The van der Waals surface area contributed by atoms with Crippen LogP contribution >= 0.6 is 0 Å². The fraction of sp³-hybridized carbons (Fsp3) is 0.0625. The van der Waals surface area contributed by atoms with Crippen LogP contribution in [0.15, 0.2) is 54.9 Å². The van der Waals surface area contributed by atoms with E-state index in [1.807, 2.05) is 43.3 Å². The second-order valence-corrected chi connectivity index (χ2v) is 4.73. The number of H-pyrrole nitrogens is 1. The lowest BCUT2D eigenvalue weighted by Gasteiger charge is -2.03. The summed E-state index contributed by atoms with van der Waals surface area (Å²) in [7, 11) is 0. The molecule has 3 rings (SSSR count). The van der Waals surface area contributed by atoms with Crippen LogP contribution in [0.3, 0.4) is 0 Å². The number of carbonyl (C=O) groups is 1. The highest BCUT2D eigenvalue weighted by Gasteiger charge is 2.11. The molecule has 2 aromatic heterocycles. The molecule has 21 heavy (non-hydrogen) atoms. The minimum atomic E-state index is -0.221. The molecule has 2 N–H and O–H groups in total. The van der Waals surface area contributed by atoms with Crippen LogP contribution in [0.5, 0.6) is 0 Å². The number of rotatable bonds is 3. The van der Waals surface area contributed by atoms with Crippen molar-refractivity contribution in [3.05, 3.63) is 66.1 Å². The SMILES string of the molecule is Cc1ccc(NC(=O)c2cc(-c3cccnc3)n[nH]2)cc1. The molecule has 0 aliphatic carbocycles. The Balaban J connectivity index is 1.77. The molecule has 1 aromatic carbocycles. The summed E-state index contributed by atoms with van der Waals surface area (Å²) in [5, 5.41) is 9.71. The highest BCUT2D eigenvalue weighted by atomic mass is 16.1. The van der Waals surface area contributed by atoms with Crippen LogP contribution in [0.2, 0.25) is 0 Å². The second kappa shape index (κ2) is 5.58. The van der Waals surface area contributed by atoms with E-state index in [0.29, 0.717) is 11.4 Å². The average Bonchev–Trinajstić information content (AvgIpc) is 3.00. The molecule has 0 aliphatic heterocycles. The Morgan fingerprint density at radius 1 is 1.19 bits per heavy atom. The van der Waals surface area contributed by atoms with Gasteiger partial charge in [0.1, 0.15) is 5.69 Å². The van der Waals surface area contributed by atoms with Crippen molar-refractivity contribution in [3.63, 3.8) is 0 Å². The van der Waals surface area contributed by atoms with Gasteiger partial charge in [0.05, 0.1) is 5.69 Å². The molecule has 0 radical (unpaired) electrons. The minimum absolute atomic E-state index is 0.221. The summed E-state index contributed by atoms with van der Waals surface area (Å²) in [5.41, 5.74) is 3.87. The van der Waals surface area contributed by atoms with Crippen LogP contribution < -0.4 is 5.32 Å².